The van der Waals surface area contributed by atoms with Crippen molar-refractivity contribution in [2.75, 3.05) is 4.72 Å². The van der Waals surface area contributed by atoms with Crippen molar-refractivity contribution in [3.8, 4) is 0 Å². The molecule has 0 spiro atoms. The molecule has 6 nitrogen and oxygen atoms in total. The van der Waals surface area contributed by atoms with Gasteiger partial charge in [0.25, 0.3) is 10.0 Å². The van der Waals surface area contributed by atoms with Crippen LogP contribution in [0.4, 0.5) is 5.69 Å². The van der Waals surface area contributed by atoms with Gasteiger partial charge in [0, 0.05) is 6.20 Å². The first-order valence-corrected chi connectivity index (χ1v) is 7.57. The predicted molar refractivity (Wildman–Crippen MR) is 77.9 cm³/mol. The molecular formula is C14H14N2O4S. The van der Waals surface area contributed by atoms with Crippen LogP contribution < -0.4 is 4.72 Å². The molecule has 1 aromatic heterocycles. The highest BCUT2D eigenvalue weighted by atomic mass is 32.2. The van der Waals surface area contributed by atoms with Crippen molar-refractivity contribution in [3.63, 3.8) is 0 Å². The van der Waals surface area contributed by atoms with Crippen molar-refractivity contribution >= 4 is 21.7 Å². The third kappa shape index (κ3) is 3.19. The largest absolute Gasteiger partial charge is 0.478 e. The average molecular weight is 306 g/mol. The molecule has 7 heteroatoms. The van der Waals surface area contributed by atoms with E-state index in [9.17, 15) is 13.2 Å². The monoisotopic (exact) mass is 306 g/mol. The van der Waals surface area contributed by atoms with Crippen LogP contribution in [0.25, 0.3) is 0 Å². The number of aromatic carboxylic acids is 1. The van der Waals surface area contributed by atoms with E-state index in [1.165, 1.54) is 30.6 Å². The van der Waals surface area contributed by atoms with Gasteiger partial charge in [-0.1, -0.05) is 6.07 Å². The second-order valence-corrected chi connectivity index (χ2v) is 6.26. The van der Waals surface area contributed by atoms with Crippen LogP contribution in [0.2, 0.25) is 0 Å². The van der Waals surface area contributed by atoms with Crippen molar-refractivity contribution < 1.29 is 18.3 Å². The number of nitrogens with one attached hydrogen (secondary N) is 1. The molecule has 2 N–H and O–H groups in total. The van der Waals surface area contributed by atoms with E-state index in [0.717, 1.165) is 11.1 Å². The van der Waals surface area contributed by atoms with Crippen LogP contribution in [0.15, 0.2) is 41.6 Å². The minimum atomic E-state index is -3.86. The molecule has 0 amide bonds. The standard InChI is InChI=1S/C14H14N2O4S/c1-9-3-4-11(7-10(9)2)21(19,20)16-13-8-15-6-5-12(13)14(17)18/h3-8,16H,1-2H3,(H,17,18). The van der Waals surface area contributed by atoms with Gasteiger partial charge in [-0.3, -0.25) is 9.71 Å². The van der Waals surface area contributed by atoms with Crippen molar-refractivity contribution in [2.45, 2.75) is 18.7 Å². The molecule has 0 aliphatic rings. The van der Waals surface area contributed by atoms with Crippen molar-refractivity contribution in [2.24, 2.45) is 0 Å². The molecule has 1 heterocycles. The molecule has 0 fully saturated rings. The number of anilines is 1. The molecule has 2 aromatic rings. The Labute approximate surface area is 122 Å². The fourth-order valence-electron chi connectivity index (χ4n) is 1.75. The zero-order valence-electron chi connectivity index (χ0n) is 11.5. The van der Waals surface area contributed by atoms with Crippen LogP contribution in [0.3, 0.4) is 0 Å². The first kappa shape index (κ1) is 15.0. The second kappa shape index (κ2) is 5.53. The quantitative estimate of drug-likeness (QED) is 0.902. The van der Waals surface area contributed by atoms with Gasteiger partial charge in [-0.05, 0) is 43.2 Å². The van der Waals surface area contributed by atoms with Crippen LogP contribution in [-0.4, -0.2) is 24.5 Å². The summed E-state index contributed by atoms with van der Waals surface area (Å²) in [4.78, 5) is 14.9. The Morgan fingerprint density at radius 1 is 1.19 bits per heavy atom. The summed E-state index contributed by atoms with van der Waals surface area (Å²) in [5.74, 6) is -1.23. The number of carbonyl (C=O) groups is 1. The number of pyridine rings is 1. The molecule has 0 aliphatic heterocycles. The predicted octanol–water partition coefficient (Wildman–Crippen LogP) is 2.20. The Morgan fingerprint density at radius 2 is 1.90 bits per heavy atom. The van der Waals surface area contributed by atoms with Gasteiger partial charge < -0.3 is 5.11 Å². The molecule has 110 valence electrons. The lowest BCUT2D eigenvalue weighted by Gasteiger charge is -2.11. The lowest BCUT2D eigenvalue weighted by atomic mass is 10.1. The average Bonchev–Trinajstić information content (AvgIpc) is 2.41. The smallest absolute Gasteiger partial charge is 0.337 e. The molecule has 0 saturated heterocycles. The molecule has 21 heavy (non-hydrogen) atoms. The molecular weight excluding hydrogens is 292 g/mol. The molecule has 0 radical (unpaired) electrons. The third-order valence-electron chi connectivity index (χ3n) is 3.08. The molecule has 0 aliphatic carbocycles. The lowest BCUT2D eigenvalue weighted by molar-refractivity contribution is 0.0698. The number of aryl methyl sites for hydroxylation is 2. The van der Waals surface area contributed by atoms with Gasteiger partial charge in [0.15, 0.2) is 0 Å². The van der Waals surface area contributed by atoms with Gasteiger partial charge in [-0.25, -0.2) is 13.2 Å². The van der Waals surface area contributed by atoms with Crippen LogP contribution in [0.5, 0.6) is 0 Å². The number of nitrogens with zero attached hydrogens (tertiary/aromatic N) is 1. The van der Waals surface area contributed by atoms with E-state index in [2.05, 4.69) is 9.71 Å². The van der Waals surface area contributed by atoms with E-state index in [-0.39, 0.29) is 16.1 Å². The summed E-state index contributed by atoms with van der Waals surface area (Å²) in [7, 11) is -3.86. The lowest BCUT2D eigenvalue weighted by Crippen LogP contribution is -2.16. The Hall–Kier alpha value is -2.41. The molecule has 0 saturated carbocycles. The van der Waals surface area contributed by atoms with E-state index in [4.69, 9.17) is 5.11 Å². The Morgan fingerprint density at radius 3 is 2.52 bits per heavy atom. The Bertz CT molecular complexity index is 800. The minimum absolute atomic E-state index is 0.0665. The van der Waals surface area contributed by atoms with E-state index >= 15 is 0 Å². The van der Waals surface area contributed by atoms with Gasteiger partial charge in [0.05, 0.1) is 22.3 Å². The van der Waals surface area contributed by atoms with Gasteiger partial charge >= 0.3 is 5.97 Å². The summed E-state index contributed by atoms with van der Waals surface area (Å²) in [6.07, 6.45) is 2.46. The SMILES string of the molecule is Cc1ccc(S(=O)(=O)Nc2cnccc2C(=O)O)cc1C. The Balaban J connectivity index is 2.42. The molecule has 0 atom stereocenters. The summed E-state index contributed by atoms with van der Waals surface area (Å²) < 4.78 is 26.9. The number of rotatable bonds is 4. The molecule has 1 aromatic carbocycles. The second-order valence-electron chi connectivity index (χ2n) is 4.58. The zero-order valence-corrected chi connectivity index (χ0v) is 12.3. The molecule has 2 rings (SSSR count). The topological polar surface area (TPSA) is 96.4 Å². The van der Waals surface area contributed by atoms with Gasteiger partial charge in [-0.15, -0.1) is 0 Å². The van der Waals surface area contributed by atoms with Crippen molar-refractivity contribution in [1.29, 1.82) is 0 Å². The highest BCUT2D eigenvalue weighted by Crippen LogP contribution is 2.20. The number of sulfonamides is 1. The van der Waals surface area contributed by atoms with E-state index < -0.39 is 16.0 Å². The van der Waals surface area contributed by atoms with Crippen LogP contribution in [0.1, 0.15) is 21.5 Å². The van der Waals surface area contributed by atoms with Gasteiger partial charge in [0.1, 0.15) is 0 Å². The summed E-state index contributed by atoms with van der Waals surface area (Å²) in [6.45, 7) is 3.68. The number of aromatic nitrogens is 1. The number of carboxylic acid groups (broad SMARTS) is 1. The highest BCUT2D eigenvalue weighted by molar-refractivity contribution is 7.92. The normalized spacial score (nSPS) is 11.1. The first-order chi connectivity index (χ1) is 9.81. The van der Waals surface area contributed by atoms with Crippen LogP contribution >= 0.6 is 0 Å². The van der Waals surface area contributed by atoms with Crippen LogP contribution in [0, 0.1) is 13.8 Å². The van der Waals surface area contributed by atoms with Gasteiger partial charge in [-0.2, -0.15) is 0 Å². The fourth-order valence-corrected chi connectivity index (χ4v) is 2.90. The minimum Gasteiger partial charge on any atom is -0.478 e. The summed E-state index contributed by atoms with van der Waals surface area (Å²) in [6, 6.07) is 5.95. The van der Waals surface area contributed by atoms with Crippen LogP contribution in [-0.2, 0) is 10.0 Å². The highest BCUT2D eigenvalue weighted by Gasteiger charge is 2.18. The van der Waals surface area contributed by atoms with Crippen molar-refractivity contribution in [3.05, 3.63) is 53.3 Å². The molecule has 0 unspecified atom stereocenters. The number of carboxylic acids is 1. The summed E-state index contributed by atoms with van der Waals surface area (Å²) in [5, 5.41) is 9.05. The summed E-state index contributed by atoms with van der Waals surface area (Å²) in [5.41, 5.74) is 1.59. The maximum atomic E-state index is 12.3. The van der Waals surface area contributed by atoms with Crippen molar-refractivity contribution in [1.82, 2.24) is 4.98 Å². The first-order valence-electron chi connectivity index (χ1n) is 6.08. The Kier molecular flexibility index (Phi) is 3.95. The third-order valence-corrected chi connectivity index (χ3v) is 4.45. The number of benzene rings is 1. The van der Waals surface area contributed by atoms with E-state index in [0.29, 0.717) is 0 Å². The van der Waals surface area contributed by atoms with E-state index in [1.807, 2.05) is 6.92 Å². The van der Waals surface area contributed by atoms with E-state index in [1.54, 1.807) is 13.0 Å². The summed E-state index contributed by atoms with van der Waals surface area (Å²) >= 11 is 0. The number of hydrogen-bond acceptors (Lipinski definition) is 4. The number of hydrogen-bond donors (Lipinski definition) is 2. The maximum Gasteiger partial charge on any atom is 0.337 e. The fraction of sp³-hybridized carbons (Fsp3) is 0.143. The zero-order chi connectivity index (χ0) is 15.6. The molecule has 0 bridgehead atoms. The maximum absolute atomic E-state index is 12.3. The van der Waals surface area contributed by atoms with Gasteiger partial charge in [0.2, 0.25) is 0 Å².